The van der Waals surface area contributed by atoms with E-state index in [0.717, 1.165) is 12.1 Å². The van der Waals surface area contributed by atoms with Gasteiger partial charge in [0.15, 0.2) is 5.82 Å². The van der Waals surface area contributed by atoms with Crippen LogP contribution in [0.5, 0.6) is 0 Å². The normalized spacial score (nSPS) is 8.93. The van der Waals surface area contributed by atoms with Gasteiger partial charge in [-0.25, -0.2) is 9.18 Å². The SMILES string of the molecule is CC.O=C(O)c1cc(Cl)c(F)c(Cl)c1. The van der Waals surface area contributed by atoms with Crippen LogP contribution in [0.15, 0.2) is 12.1 Å². The molecule has 0 amide bonds. The Kier molecular flexibility index (Phi) is 5.50. The molecular weight excluding hydrogens is 230 g/mol. The first-order chi connectivity index (χ1) is 6.52. The number of halogens is 3. The van der Waals surface area contributed by atoms with E-state index in [-0.39, 0.29) is 15.6 Å². The van der Waals surface area contributed by atoms with Crippen LogP contribution in [0, 0.1) is 5.82 Å². The first-order valence-electron chi connectivity index (χ1n) is 3.90. The van der Waals surface area contributed by atoms with Crippen LogP contribution in [0.2, 0.25) is 10.0 Å². The second-order valence-corrected chi connectivity index (χ2v) is 2.87. The van der Waals surface area contributed by atoms with E-state index in [9.17, 15) is 9.18 Å². The highest BCUT2D eigenvalue weighted by atomic mass is 35.5. The molecule has 14 heavy (non-hydrogen) atoms. The summed E-state index contributed by atoms with van der Waals surface area (Å²) in [6.45, 7) is 4.00. The van der Waals surface area contributed by atoms with Crippen LogP contribution in [0.1, 0.15) is 24.2 Å². The summed E-state index contributed by atoms with van der Waals surface area (Å²) in [5.41, 5.74) is -0.133. The van der Waals surface area contributed by atoms with Crippen LogP contribution in [0.4, 0.5) is 4.39 Å². The molecule has 78 valence electrons. The predicted octanol–water partition coefficient (Wildman–Crippen LogP) is 3.86. The van der Waals surface area contributed by atoms with Crippen molar-refractivity contribution in [2.45, 2.75) is 13.8 Å². The Morgan fingerprint density at radius 1 is 1.29 bits per heavy atom. The Morgan fingerprint density at radius 3 is 1.93 bits per heavy atom. The van der Waals surface area contributed by atoms with Crippen molar-refractivity contribution in [2.24, 2.45) is 0 Å². The molecule has 0 aliphatic carbocycles. The summed E-state index contributed by atoms with van der Waals surface area (Å²) < 4.78 is 12.7. The quantitative estimate of drug-likeness (QED) is 0.755. The Balaban J connectivity index is 0.000000791. The van der Waals surface area contributed by atoms with Gasteiger partial charge in [0, 0.05) is 0 Å². The molecule has 0 unspecified atom stereocenters. The fraction of sp³-hybridized carbons (Fsp3) is 0.222. The number of aromatic carboxylic acids is 1. The number of rotatable bonds is 1. The topological polar surface area (TPSA) is 37.3 Å². The lowest BCUT2D eigenvalue weighted by atomic mass is 10.2. The van der Waals surface area contributed by atoms with Crippen molar-refractivity contribution >= 4 is 29.2 Å². The molecule has 0 aliphatic heterocycles. The lowest BCUT2D eigenvalue weighted by molar-refractivity contribution is 0.0697. The van der Waals surface area contributed by atoms with E-state index < -0.39 is 11.8 Å². The summed E-state index contributed by atoms with van der Waals surface area (Å²) in [7, 11) is 0. The highest BCUT2D eigenvalue weighted by Crippen LogP contribution is 2.24. The maximum absolute atomic E-state index is 12.7. The summed E-state index contributed by atoms with van der Waals surface area (Å²) in [6, 6.07) is 2.01. The van der Waals surface area contributed by atoms with Gasteiger partial charge < -0.3 is 5.11 Å². The van der Waals surface area contributed by atoms with Crippen molar-refractivity contribution in [1.82, 2.24) is 0 Å². The van der Waals surface area contributed by atoms with E-state index >= 15 is 0 Å². The maximum atomic E-state index is 12.7. The third-order valence-electron chi connectivity index (χ3n) is 1.23. The number of benzene rings is 1. The lowest BCUT2D eigenvalue weighted by Gasteiger charge is -1.99. The summed E-state index contributed by atoms with van der Waals surface area (Å²) in [5.74, 6) is -2.00. The molecule has 1 aromatic rings. The van der Waals surface area contributed by atoms with Gasteiger partial charge in [0.2, 0.25) is 0 Å². The molecule has 0 radical (unpaired) electrons. The van der Waals surface area contributed by atoms with Crippen molar-refractivity contribution in [2.75, 3.05) is 0 Å². The second-order valence-electron chi connectivity index (χ2n) is 2.06. The third-order valence-corrected chi connectivity index (χ3v) is 1.78. The monoisotopic (exact) mass is 238 g/mol. The number of hydrogen-bond donors (Lipinski definition) is 1. The summed E-state index contributed by atoms with van der Waals surface area (Å²) >= 11 is 10.7. The minimum absolute atomic E-state index is 0.133. The summed E-state index contributed by atoms with van der Waals surface area (Å²) in [6.07, 6.45) is 0. The van der Waals surface area contributed by atoms with Crippen LogP contribution >= 0.6 is 23.2 Å². The van der Waals surface area contributed by atoms with Crippen LogP contribution in [0.25, 0.3) is 0 Å². The van der Waals surface area contributed by atoms with Crippen LogP contribution in [0.3, 0.4) is 0 Å². The molecule has 0 aliphatic rings. The van der Waals surface area contributed by atoms with Crippen LogP contribution < -0.4 is 0 Å². The second kappa shape index (κ2) is 5.83. The number of carbonyl (C=O) groups is 1. The number of hydrogen-bond acceptors (Lipinski definition) is 1. The van der Waals surface area contributed by atoms with E-state index in [0.29, 0.717) is 0 Å². The van der Waals surface area contributed by atoms with E-state index in [1.54, 1.807) is 0 Å². The third kappa shape index (κ3) is 3.16. The zero-order chi connectivity index (χ0) is 11.3. The molecule has 5 heteroatoms. The van der Waals surface area contributed by atoms with Crippen molar-refractivity contribution < 1.29 is 14.3 Å². The van der Waals surface area contributed by atoms with E-state index in [1.165, 1.54) is 0 Å². The molecule has 1 rings (SSSR count). The molecular formula is C9H9Cl2FO2. The van der Waals surface area contributed by atoms with E-state index in [2.05, 4.69) is 0 Å². The largest absolute Gasteiger partial charge is 0.478 e. The molecule has 1 aromatic carbocycles. The Bertz CT molecular complexity index is 317. The molecule has 0 aromatic heterocycles. The molecule has 0 saturated heterocycles. The predicted molar refractivity (Wildman–Crippen MR) is 54.7 cm³/mol. The maximum Gasteiger partial charge on any atom is 0.335 e. The zero-order valence-corrected chi connectivity index (χ0v) is 9.16. The minimum atomic E-state index is -1.20. The van der Waals surface area contributed by atoms with Gasteiger partial charge in [-0.15, -0.1) is 0 Å². The highest BCUT2D eigenvalue weighted by molar-refractivity contribution is 6.35. The number of carboxylic acids is 1. The van der Waals surface area contributed by atoms with Gasteiger partial charge in [0.25, 0.3) is 0 Å². The van der Waals surface area contributed by atoms with Gasteiger partial charge in [-0.05, 0) is 12.1 Å². The van der Waals surface area contributed by atoms with Gasteiger partial charge in [-0.1, -0.05) is 37.0 Å². The lowest BCUT2D eigenvalue weighted by Crippen LogP contribution is -1.96. The molecule has 0 saturated carbocycles. The number of carboxylic acid groups (broad SMARTS) is 1. The van der Waals surface area contributed by atoms with E-state index in [4.69, 9.17) is 28.3 Å². The van der Waals surface area contributed by atoms with Crippen molar-refractivity contribution in [3.8, 4) is 0 Å². The average molecular weight is 239 g/mol. The molecule has 0 fully saturated rings. The highest BCUT2D eigenvalue weighted by Gasteiger charge is 2.11. The van der Waals surface area contributed by atoms with Gasteiger partial charge >= 0.3 is 5.97 Å². The molecule has 2 nitrogen and oxygen atoms in total. The standard InChI is InChI=1S/C7H3Cl2FO2.C2H6/c8-4-1-3(7(11)12)2-5(9)6(4)10;1-2/h1-2H,(H,11,12);1-2H3. The molecule has 0 heterocycles. The first kappa shape index (κ1) is 13.2. The average Bonchev–Trinajstić information content (AvgIpc) is 2.16. The molecule has 0 atom stereocenters. The first-order valence-corrected chi connectivity index (χ1v) is 4.66. The zero-order valence-electron chi connectivity index (χ0n) is 7.64. The van der Waals surface area contributed by atoms with E-state index in [1.807, 2.05) is 13.8 Å². The van der Waals surface area contributed by atoms with Gasteiger partial charge in [0.1, 0.15) is 0 Å². The van der Waals surface area contributed by atoms with Gasteiger partial charge in [-0.2, -0.15) is 0 Å². The van der Waals surface area contributed by atoms with Crippen molar-refractivity contribution in [1.29, 1.82) is 0 Å². The fourth-order valence-corrected chi connectivity index (χ4v) is 1.17. The summed E-state index contributed by atoms with van der Waals surface area (Å²) in [5, 5.41) is 7.90. The smallest absolute Gasteiger partial charge is 0.335 e. The fourth-order valence-electron chi connectivity index (χ4n) is 0.679. The Morgan fingerprint density at radius 2 is 1.64 bits per heavy atom. The van der Waals surface area contributed by atoms with Crippen molar-refractivity contribution in [3.63, 3.8) is 0 Å². The minimum Gasteiger partial charge on any atom is -0.478 e. The van der Waals surface area contributed by atoms with Crippen molar-refractivity contribution in [3.05, 3.63) is 33.6 Å². The molecule has 0 bridgehead atoms. The Hall–Kier alpha value is -0.800. The van der Waals surface area contributed by atoms with Crippen LogP contribution in [-0.2, 0) is 0 Å². The summed E-state index contributed by atoms with van der Waals surface area (Å²) in [4.78, 5) is 10.4. The van der Waals surface area contributed by atoms with Gasteiger partial charge in [-0.3, -0.25) is 0 Å². The van der Waals surface area contributed by atoms with Crippen LogP contribution in [-0.4, -0.2) is 11.1 Å². The molecule has 1 N–H and O–H groups in total. The molecule has 0 spiro atoms. The Labute approximate surface area is 91.3 Å². The van der Waals surface area contributed by atoms with Gasteiger partial charge in [0.05, 0.1) is 15.6 Å².